The highest BCUT2D eigenvalue weighted by atomic mass is 19.4. The molecule has 0 saturated carbocycles. The molecule has 0 spiro atoms. The van der Waals surface area contributed by atoms with E-state index in [0.29, 0.717) is 11.2 Å². The SMILES string of the molecule is CCn1ncc(CNC(=O)c2cc(C(F)(F)F)n(C)n2)c1C. The molecule has 22 heavy (non-hydrogen) atoms. The van der Waals surface area contributed by atoms with Crippen molar-refractivity contribution in [2.45, 2.75) is 33.1 Å². The van der Waals surface area contributed by atoms with Gasteiger partial charge in [0.15, 0.2) is 5.69 Å². The number of alkyl halides is 3. The number of hydrogen-bond acceptors (Lipinski definition) is 3. The quantitative estimate of drug-likeness (QED) is 0.937. The van der Waals surface area contributed by atoms with Crippen molar-refractivity contribution in [1.29, 1.82) is 0 Å². The first kappa shape index (κ1) is 16.1. The third-order valence-electron chi connectivity index (χ3n) is 3.35. The van der Waals surface area contributed by atoms with E-state index in [2.05, 4.69) is 15.5 Å². The van der Waals surface area contributed by atoms with E-state index in [0.717, 1.165) is 24.4 Å². The number of rotatable bonds is 4. The topological polar surface area (TPSA) is 64.7 Å². The molecule has 0 atom stereocenters. The van der Waals surface area contributed by atoms with Gasteiger partial charge in [0.1, 0.15) is 5.69 Å². The zero-order valence-corrected chi connectivity index (χ0v) is 12.4. The molecule has 0 aliphatic carbocycles. The van der Waals surface area contributed by atoms with E-state index in [9.17, 15) is 18.0 Å². The molecule has 2 aromatic rings. The van der Waals surface area contributed by atoms with Gasteiger partial charge in [0.2, 0.25) is 0 Å². The number of halogens is 3. The van der Waals surface area contributed by atoms with Crippen LogP contribution < -0.4 is 5.32 Å². The number of hydrogen-bond donors (Lipinski definition) is 1. The molecular formula is C13H16F3N5O. The maximum atomic E-state index is 12.7. The molecule has 0 aromatic carbocycles. The first-order valence-corrected chi connectivity index (χ1v) is 6.64. The van der Waals surface area contributed by atoms with Gasteiger partial charge in [-0.15, -0.1) is 0 Å². The van der Waals surface area contributed by atoms with Gasteiger partial charge in [-0.3, -0.25) is 14.2 Å². The molecule has 0 aliphatic heterocycles. The summed E-state index contributed by atoms with van der Waals surface area (Å²) in [6, 6.07) is 0.734. The molecule has 0 saturated heterocycles. The van der Waals surface area contributed by atoms with Crippen molar-refractivity contribution in [1.82, 2.24) is 24.9 Å². The van der Waals surface area contributed by atoms with E-state index in [4.69, 9.17) is 0 Å². The molecule has 9 heteroatoms. The van der Waals surface area contributed by atoms with Crippen molar-refractivity contribution in [3.05, 3.63) is 34.9 Å². The van der Waals surface area contributed by atoms with Crippen molar-refractivity contribution in [2.24, 2.45) is 7.05 Å². The molecule has 0 fully saturated rings. The lowest BCUT2D eigenvalue weighted by Gasteiger charge is -2.04. The summed E-state index contributed by atoms with van der Waals surface area (Å²) >= 11 is 0. The lowest BCUT2D eigenvalue weighted by molar-refractivity contribution is -0.143. The third-order valence-corrected chi connectivity index (χ3v) is 3.35. The highest BCUT2D eigenvalue weighted by Gasteiger charge is 2.35. The average molecular weight is 315 g/mol. The van der Waals surface area contributed by atoms with Crippen LogP contribution in [0.4, 0.5) is 13.2 Å². The molecule has 2 heterocycles. The van der Waals surface area contributed by atoms with Crippen LogP contribution in [-0.2, 0) is 26.3 Å². The Bertz CT molecular complexity index is 686. The maximum absolute atomic E-state index is 12.7. The van der Waals surface area contributed by atoms with Gasteiger partial charge in [-0.2, -0.15) is 23.4 Å². The van der Waals surface area contributed by atoms with E-state index in [1.807, 2.05) is 13.8 Å². The molecule has 6 nitrogen and oxygen atoms in total. The molecule has 2 aromatic heterocycles. The van der Waals surface area contributed by atoms with Crippen molar-refractivity contribution in [3.63, 3.8) is 0 Å². The Morgan fingerprint density at radius 1 is 1.41 bits per heavy atom. The van der Waals surface area contributed by atoms with Gasteiger partial charge in [-0.05, 0) is 13.8 Å². The van der Waals surface area contributed by atoms with Crippen LogP contribution in [0.15, 0.2) is 12.3 Å². The number of carbonyl (C=O) groups is 1. The van der Waals surface area contributed by atoms with Crippen LogP contribution in [0, 0.1) is 6.92 Å². The first-order chi connectivity index (χ1) is 10.2. The van der Waals surface area contributed by atoms with Crippen LogP contribution in [0.1, 0.15) is 34.4 Å². The van der Waals surface area contributed by atoms with Gasteiger partial charge in [0.05, 0.1) is 6.20 Å². The van der Waals surface area contributed by atoms with Crippen LogP contribution in [0.5, 0.6) is 0 Å². The predicted molar refractivity (Wildman–Crippen MR) is 72.0 cm³/mol. The van der Waals surface area contributed by atoms with Crippen molar-refractivity contribution in [3.8, 4) is 0 Å². The fourth-order valence-corrected chi connectivity index (χ4v) is 2.09. The first-order valence-electron chi connectivity index (χ1n) is 6.64. The average Bonchev–Trinajstić information content (AvgIpc) is 2.99. The lowest BCUT2D eigenvalue weighted by Crippen LogP contribution is -2.23. The van der Waals surface area contributed by atoms with Gasteiger partial charge in [0.25, 0.3) is 5.91 Å². The minimum Gasteiger partial charge on any atom is -0.346 e. The molecule has 0 bridgehead atoms. The second-order valence-electron chi connectivity index (χ2n) is 4.79. The summed E-state index contributed by atoms with van der Waals surface area (Å²) in [6.45, 7) is 4.69. The Morgan fingerprint density at radius 2 is 2.09 bits per heavy atom. The number of amides is 1. The number of nitrogens with zero attached hydrogens (tertiary/aromatic N) is 4. The molecule has 0 aliphatic rings. The Hall–Kier alpha value is -2.32. The molecule has 120 valence electrons. The lowest BCUT2D eigenvalue weighted by atomic mass is 10.2. The molecule has 0 unspecified atom stereocenters. The summed E-state index contributed by atoms with van der Waals surface area (Å²) in [5.74, 6) is -0.658. The predicted octanol–water partition coefficient (Wildman–Crippen LogP) is 1.89. The molecule has 0 radical (unpaired) electrons. The summed E-state index contributed by atoms with van der Waals surface area (Å²) < 4.78 is 40.4. The highest BCUT2D eigenvalue weighted by Crippen LogP contribution is 2.29. The second kappa shape index (κ2) is 5.82. The van der Waals surface area contributed by atoms with Crippen LogP contribution in [-0.4, -0.2) is 25.5 Å². The summed E-state index contributed by atoms with van der Waals surface area (Å²) in [5, 5.41) is 10.3. The number of carbonyl (C=O) groups excluding carboxylic acids is 1. The zero-order valence-electron chi connectivity index (χ0n) is 12.4. The van der Waals surface area contributed by atoms with Crippen LogP contribution in [0.2, 0.25) is 0 Å². The summed E-state index contributed by atoms with van der Waals surface area (Å²) in [4.78, 5) is 11.9. The van der Waals surface area contributed by atoms with Gasteiger partial charge in [-0.1, -0.05) is 0 Å². The normalized spacial score (nSPS) is 11.7. The Labute approximate surface area is 124 Å². The molecular weight excluding hydrogens is 299 g/mol. The largest absolute Gasteiger partial charge is 0.433 e. The second-order valence-corrected chi connectivity index (χ2v) is 4.79. The minimum absolute atomic E-state index is 0.183. The van der Waals surface area contributed by atoms with Crippen molar-refractivity contribution in [2.75, 3.05) is 0 Å². The number of nitrogens with one attached hydrogen (secondary N) is 1. The van der Waals surface area contributed by atoms with E-state index >= 15 is 0 Å². The van der Waals surface area contributed by atoms with Crippen LogP contribution in [0.3, 0.4) is 0 Å². The van der Waals surface area contributed by atoms with Gasteiger partial charge in [0, 0.05) is 37.5 Å². The summed E-state index contributed by atoms with van der Waals surface area (Å²) in [6.07, 6.45) is -2.92. The smallest absolute Gasteiger partial charge is 0.346 e. The standard InChI is InChI=1S/C13H16F3N5O/c1-4-21-8(2)9(7-18-21)6-17-12(22)10-5-11(13(14,15)16)20(3)19-10/h5,7H,4,6H2,1-3H3,(H,17,22). The van der Waals surface area contributed by atoms with Crippen molar-refractivity contribution >= 4 is 5.91 Å². The molecule has 2 rings (SSSR count). The van der Waals surface area contributed by atoms with Gasteiger partial charge in [-0.25, -0.2) is 0 Å². The summed E-state index contributed by atoms with van der Waals surface area (Å²) in [5.41, 5.74) is 0.477. The Morgan fingerprint density at radius 3 is 2.59 bits per heavy atom. The van der Waals surface area contributed by atoms with E-state index in [-0.39, 0.29) is 12.2 Å². The fourth-order valence-electron chi connectivity index (χ4n) is 2.09. The molecule has 1 N–H and O–H groups in total. The maximum Gasteiger partial charge on any atom is 0.433 e. The van der Waals surface area contributed by atoms with E-state index < -0.39 is 17.8 Å². The van der Waals surface area contributed by atoms with E-state index in [1.54, 1.807) is 10.9 Å². The Kier molecular flexibility index (Phi) is 4.25. The zero-order chi connectivity index (χ0) is 16.5. The van der Waals surface area contributed by atoms with Gasteiger partial charge >= 0.3 is 6.18 Å². The fraction of sp³-hybridized carbons (Fsp3) is 0.462. The monoisotopic (exact) mass is 315 g/mol. The van der Waals surface area contributed by atoms with Crippen molar-refractivity contribution < 1.29 is 18.0 Å². The summed E-state index contributed by atoms with van der Waals surface area (Å²) in [7, 11) is 1.15. The van der Waals surface area contributed by atoms with E-state index in [1.165, 1.54) is 0 Å². The Balaban J connectivity index is 2.08. The van der Waals surface area contributed by atoms with Crippen LogP contribution >= 0.6 is 0 Å². The highest BCUT2D eigenvalue weighted by molar-refractivity contribution is 5.92. The van der Waals surface area contributed by atoms with Crippen LogP contribution in [0.25, 0.3) is 0 Å². The number of aryl methyl sites for hydroxylation is 2. The third kappa shape index (κ3) is 3.12. The van der Waals surface area contributed by atoms with Gasteiger partial charge < -0.3 is 5.32 Å². The number of aromatic nitrogens is 4. The molecule has 1 amide bonds. The minimum atomic E-state index is -4.54.